The second-order valence-corrected chi connectivity index (χ2v) is 7.99. The summed E-state index contributed by atoms with van der Waals surface area (Å²) in [5.74, 6) is 1.98. The average molecular weight is 447 g/mol. The van der Waals surface area contributed by atoms with E-state index in [1.807, 2.05) is 36.4 Å². The van der Waals surface area contributed by atoms with Gasteiger partial charge in [-0.1, -0.05) is 42.5 Å². The monoisotopic (exact) mass is 447 g/mol. The predicted octanol–water partition coefficient (Wildman–Crippen LogP) is 2.90. The number of aromatic amines is 2. The van der Waals surface area contributed by atoms with Gasteiger partial charge in [-0.3, -0.25) is 0 Å². The molecule has 170 valence electrons. The number of fused-ring (bicyclic) bond motifs is 2. The van der Waals surface area contributed by atoms with Crippen molar-refractivity contribution in [2.24, 2.45) is 0 Å². The van der Waals surface area contributed by atoms with Crippen LogP contribution in [0.1, 0.15) is 17.2 Å². The lowest BCUT2D eigenvalue weighted by atomic mass is 9.98. The number of hydrogen-bond acceptors (Lipinski definition) is 6. The molecule has 0 bridgehead atoms. The molecule has 0 spiro atoms. The number of benzene rings is 3. The highest BCUT2D eigenvalue weighted by Gasteiger charge is 2.19. The van der Waals surface area contributed by atoms with Crippen LogP contribution in [-0.2, 0) is 6.42 Å². The van der Waals surface area contributed by atoms with Gasteiger partial charge in [0.05, 0.1) is 5.52 Å². The van der Waals surface area contributed by atoms with Crippen LogP contribution < -0.4 is 25.2 Å². The number of aliphatic hydroxyl groups is 1. The van der Waals surface area contributed by atoms with Gasteiger partial charge in [0.2, 0.25) is 6.79 Å². The van der Waals surface area contributed by atoms with Crippen LogP contribution >= 0.6 is 0 Å². The van der Waals surface area contributed by atoms with Gasteiger partial charge in [0.1, 0.15) is 24.0 Å². The molecule has 2 atom stereocenters. The van der Waals surface area contributed by atoms with Crippen molar-refractivity contribution in [1.82, 2.24) is 15.3 Å². The number of rotatable bonds is 9. The van der Waals surface area contributed by atoms with E-state index in [2.05, 4.69) is 27.4 Å². The van der Waals surface area contributed by atoms with E-state index in [0.717, 1.165) is 23.5 Å². The van der Waals surface area contributed by atoms with Crippen LogP contribution in [0.3, 0.4) is 0 Å². The zero-order chi connectivity index (χ0) is 22.6. The largest absolute Gasteiger partial charge is 0.489 e. The highest BCUT2D eigenvalue weighted by atomic mass is 16.7. The van der Waals surface area contributed by atoms with Crippen LogP contribution in [0.15, 0.2) is 71.5 Å². The summed E-state index contributed by atoms with van der Waals surface area (Å²) in [7, 11) is 0. The van der Waals surface area contributed by atoms with Gasteiger partial charge in [0, 0.05) is 12.6 Å². The number of aliphatic hydroxyl groups excluding tert-OH is 1. The Morgan fingerprint density at radius 3 is 2.73 bits per heavy atom. The first kappa shape index (κ1) is 21.1. The number of imidazole rings is 1. The van der Waals surface area contributed by atoms with E-state index in [-0.39, 0.29) is 25.1 Å². The SMILES string of the molecule is O=c1[nH]c2cccc(OCC(O)CNC(Cc3ccccc3)c3ccc4c(c3)OCO4)c2[nH]1. The molecule has 0 radical (unpaired) electrons. The first-order valence-corrected chi connectivity index (χ1v) is 10.8. The summed E-state index contributed by atoms with van der Waals surface area (Å²) < 4.78 is 16.8. The molecular weight excluding hydrogens is 422 g/mol. The van der Waals surface area contributed by atoms with E-state index in [1.54, 1.807) is 18.2 Å². The number of H-pyrrole nitrogens is 2. The maximum atomic E-state index is 11.6. The Kier molecular flexibility index (Phi) is 6.01. The Morgan fingerprint density at radius 1 is 1.00 bits per heavy atom. The fourth-order valence-electron chi connectivity index (χ4n) is 3.96. The third-order valence-electron chi connectivity index (χ3n) is 5.63. The second kappa shape index (κ2) is 9.40. The molecule has 1 aromatic heterocycles. The van der Waals surface area contributed by atoms with Crippen molar-refractivity contribution in [2.75, 3.05) is 19.9 Å². The van der Waals surface area contributed by atoms with Crippen molar-refractivity contribution >= 4 is 11.0 Å². The lowest BCUT2D eigenvalue weighted by Crippen LogP contribution is -2.34. The summed E-state index contributed by atoms with van der Waals surface area (Å²) in [6.45, 7) is 0.634. The van der Waals surface area contributed by atoms with Crippen molar-refractivity contribution in [3.63, 3.8) is 0 Å². The molecule has 0 saturated heterocycles. The molecule has 0 saturated carbocycles. The van der Waals surface area contributed by atoms with Gasteiger partial charge in [-0.25, -0.2) is 4.79 Å². The molecule has 4 N–H and O–H groups in total. The second-order valence-electron chi connectivity index (χ2n) is 7.99. The number of para-hydroxylation sites is 1. The average Bonchev–Trinajstić information content (AvgIpc) is 3.46. The number of ether oxygens (including phenoxy) is 3. The molecule has 2 unspecified atom stereocenters. The molecule has 4 aromatic rings. The van der Waals surface area contributed by atoms with Crippen molar-refractivity contribution in [3.8, 4) is 17.2 Å². The van der Waals surface area contributed by atoms with Gasteiger partial charge in [-0.2, -0.15) is 0 Å². The zero-order valence-corrected chi connectivity index (χ0v) is 17.9. The van der Waals surface area contributed by atoms with E-state index in [4.69, 9.17) is 14.2 Å². The predicted molar refractivity (Wildman–Crippen MR) is 124 cm³/mol. The topological polar surface area (TPSA) is 109 Å². The molecule has 8 heteroatoms. The lowest BCUT2D eigenvalue weighted by Gasteiger charge is -2.22. The molecule has 5 rings (SSSR count). The Morgan fingerprint density at radius 2 is 1.85 bits per heavy atom. The van der Waals surface area contributed by atoms with E-state index in [9.17, 15) is 9.90 Å². The first-order chi connectivity index (χ1) is 16.2. The van der Waals surface area contributed by atoms with Crippen molar-refractivity contribution in [1.29, 1.82) is 0 Å². The van der Waals surface area contributed by atoms with Gasteiger partial charge >= 0.3 is 5.69 Å². The fourth-order valence-corrected chi connectivity index (χ4v) is 3.96. The quantitative estimate of drug-likeness (QED) is 0.314. The molecule has 0 aliphatic carbocycles. The number of aromatic nitrogens is 2. The van der Waals surface area contributed by atoms with Crippen LogP contribution in [0.25, 0.3) is 11.0 Å². The minimum absolute atomic E-state index is 0.0407. The van der Waals surface area contributed by atoms with Crippen molar-refractivity contribution in [2.45, 2.75) is 18.6 Å². The molecule has 1 aliphatic heterocycles. The van der Waals surface area contributed by atoms with Gasteiger partial charge < -0.3 is 34.6 Å². The van der Waals surface area contributed by atoms with Crippen molar-refractivity contribution < 1.29 is 19.3 Å². The Labute approximate surface area is 190 Å². The van der Waals surface area contributed by atoms with Crippen molar-refractivity contribution in [3.05, 3.63) is 88.3 Å². The Bertz CT molecular complexity index is 1280. The number of nitrogens with one attached hydrogen (secondary N) is 3. The molecule has 3 aromatic carbocycles. The van der Waals surface area contributed by atoms with Gasteiger partial charge in [-0.15, -0.1) is 0 Å². The summed E-state index contributed by atoms with van der Waals surface area (Å²) >= 11 is 0. The fraction of sp³-hybridized carbons (Fsp3) is 0.240. The van der Waals surface area contributed by atoms with Crippen LogP contribution in [-0.4, -0.2) is 41.1 Å². The highest BCUT2D eigenvalue weighted by Crippen LogP contribution is 2.35. The standard InChI is InChI=1S/C25H25N3O5/c29-18(14-31-22-8-4-7-19-24(22)28-25(30)27-19)13-26-20(11-16-5-2-1-3-6-16)17-9-10-21-23(12-17)33-15-32-21/h1-10,12,18,20,26,29H,11,13-15H2,(H2,27,28,30). The molecular formula is C25H25N3O5. The molecule has 33 heavy (non-hydrogen) atoms. The summed E-state index contributed by atoms with van der Waals surface area (Å²) in [6.07, 6.45) is -0.00369. The van der Waals surface area contributed by atoms with Gasteiger partial charge in [0.15, 0.2) is 11.5 Å². The summed E-state index contributed by atoms with van der Waals surface area (Å²) in [4.78, 5) is 17.0. The number of hydrogen-bond donors (Lipinski definition) is 4. The van der Waals surface area contributed by atoms with E-state index >= 15 is 0 Å². The summed E-state index contributed by atoms with van der Waals surface area (Å²) in [5, 5.41) is 14.1. The minimum atomic E-state index is -0.752. The smallest absolute Gasteiger partial charge is 0.323 e. The molecule has 0 fully saturated rings. The Balaban J connectivity index is 1.26. The molecule has 8 nitrogen and oxygen atoms in total. The maximum absolute atomic E-state index is 11.6. The van der Waals surface area contributed by atoms with Crippen LogP contribution in [0.5, 0.6) is 17.2 Å². The minimum Gasteiger partial charge on any atom is -0.489 e. The summed E-state index contributed by atoms with van der Waals surface area (Å²) in [5.41, 5.74) is 3.18. The zero-order valence-electron chi connectivity index (χ0n) is 17.9. The lowest BCUT2D eigenvalue weighted by molar-refractivity contribution is 0.104. The highest BCUT2D eigenvalue weighted by molar-refractivity contribution is 5.81. The molecule has 2 heterocycles. The van der Waals surface area contributed by atoms with Gasteiger partial charge in [0.25, 0.3) is 0 Å². The molecule has 0 amide bonds. The Hall–Kier alpha value is -3.75. The maximum Gasteiger partial charge on any atom is 0.323 e. The third-order valence-corrected chi connectivity index (χ3v) is 5.63. The summed E-state index contributed by atoms with van der Waals surface area (Å²) in [6, 6.07) is 21.4. The molecule has 1 aliphatic rings. The van der Waals surface area contributed by atoms with Crippen LogP contribution in [0.2, 0.25) is 0 Å². The van der Waals surface area contributed by atoms with Crippen LogP contribution in [0.4, 0.5) is 0 Å². The van der Waals surface area contributed by atoms with Crippen LogP contribution in [0, 0.1) is 0 Å². The van der Waals surface area contributed by atoms with E-state index in [0.29, 0.717) is 23.3 Å². The van der Waals surface area contributed by atoms with Gasteiger partial charge in [-0.05, 0) is 41.8 Å². The third kappa shape index (κ3) is 4.87. The van der Waals surface area contributed by atoms with E-state index in [1.165, 1.54) is 5.56 Å². The first-order valence-electron chi connectivity index (χ1n) is 10.8. The normalized spacial score (nSPS) is 14.3. The van der Waals surface area contributed by atoms with E-state index < -0.39 is 6.10 Å².